The summed E-state index contributed by atoms with van der Waals surface area (Å²) in [5.74, 6) is -0.922. The molecule has 1 fully saturated rings. The smallest absolute Gasteiger partial charge is 0.254 e. The van der Waals surface area contributed by atoms with E-state index in [9.17, 15) is 27.7 Å². The highest BCUT2D eigenvalue weighted by Gasteiger charge is 2.64. The number of nitrogens with one attached hydrogen (secondary N) is 4. The Balaban J connectivity index is 0.997. The Bertz CT molecular complexity index is 2580. The molecule has 1 aliphatic carbocycles. The third-order valence-electron chi connectivity index (χ3n) is 10.1. The lowest BCUT2D eigenvalue weighted by atomic mass is 9.49. The number of aromatic nitrogens is 4. The highest BCUT2D eigenvalue weighted by atomic mass is 79.9. The van der Waals surface area contributed by atoms with Crippen LogP contribution in [0.15, 0.2) is 88.6 Å². The number of hydrogen-bond acceptors (Lipinski definition) is 13. The van der Waals surface area contributed by atoms with E-state index in [0.29, 0.717) is 26.5 Å². The molecule has 0 radical (unpaired) electrons. The topological polar surface area (TPSA) is 230 Å². The molecule has 3 aromatic carbocycles. The maximum Gasteiger partial charge on any atom is 0.254 e. The summed E-state index contributed by atoms with van der Waals surface area (Å²) in [5, 5.41) is 18.5. The first kappa shape index (κ1) is 43.6. The van der Waals surface area contributed by atoms with E-state index >= 15 is 0 Å². The van der Waals surface area contributed by atoms with Crippen LogP contribution in [0.1, 0.15) is 54.0 Å². The van der Waals surface area contributed by atoms with E-state index in [-0.39, 0.29) is 70.6 Å². The van der Waals surface area contributed by atoms with Crippen LogP contribution in [-0.4, -0.2) is 72.5 Å². The number of carbonyl (C=O) groups is 2. The second kappa shape index (κ2) is 17.3. The predicted molar refractivity (Wildman–Crippen MR) is 228 cm³/mol. The summed E-state index contributed by atoms with van der Waals surface area (Å²) >= 11 is 9.54. The molecule has 0 aliphatic heterocycles. The van der Waals surface area contributed by atoms with Gasteiger partial charge in [0.15, 0.2) is 0 Å². The molecule has 20 heteroatoms. The van der Waals surface area contributed by atoms with Crippen molar-refractivity contribution in [1.82, 2.24) is 30.0 Å². The number of ether oxygens (including phenoxy) is 1. The summed E-state index contributed by atoms with van der Waals surface area (Å²) in [4.78, 5) is 44.1. The van der Waals surface area contributed by atoms with Crippen LogP contribution in [0.3, 0.4) is 0 Å². The third-order valence-corrected chi connectivity index (χ3v) is 12.5. The van der Waals surface area contributed by atoms with Crippen molar-refractivity contribution in [2.45, 2.75) is 44.7 Å². The summed E-state index contributed by atoms with van der Waals surface area (Å²) in [6.07, 6.45) is 4.01. The summed E-state index contributed by atoms with van der Waals surface area (Å²) in [7, 11) is -2.20. The van der Waals surface area contributed by atoms with Gasteiger partial charge in [-0.05, 0) is 64.5 Å². The number of amides is 2. The molecule has 0 atom stereocenters. The first-order valence-electron chi connectivity index (χ1n) is 18.3. The van der Waals surface area contributed by atoms with Gasteiger partial charge >= 0.3 is 0 Å². The number of sulfonamides is 1. The molecule has 6 rings (SSSR count). The fourth-order valence-corrected chi connectivity index (χ4v) is 8.87. The highest BCUT2D eigenvalue weighted by molar-refractivity contribution is 9.10. The second-order valence-electron chi connectivity index (χ2n) is 15.1. The van der Waals surface area contributed by atoms with Gasteiger partial charge in [0.1, 0.15) is 29.6 Å². The highest BCUT2D eigenvalue weighted by Crippen LogP contribution is 2.55. The Hall–Kier alpha value is -5.94. The number of anilines is 5. The molecular formula is C40H40BrClFN11O5S. The summed E-state index contributed by atoms with van der Waals surface area (Å²) < 4.78 is 49.8. The largest absolute Gasteiger partial charge is 0.489 e. The van der Waals surface area contributed by atoms with E-state index in [0.717, 1.165) is 6.07 Å². The fraction of sp³-hybridized carbons (Fsp3) is 0.275. The van der Waals surface area contributed by atoms with E-state index in [1.165, 1.54) is 55.0 Å². The van der Waals surface area contributed by atoms with Gasteiger partial charge in [0.2, 0.25) is 21.9 Å². The lowest BCUT2D eigenvalue weighted by molar-refractivity contribution is -0.164. The van der Waals surface area contributed by atoms with Gasteiger partial charge in [-0.2, -0.15) is 10.2 Å². The minimum absolute atomic E-state index is 0.0147. The molecule has 16 nitrogen and oxygen atoms in total. The Morgan fingerprint density at radius 1 is 1.02 bits per heavy atom. The lowest BCUT2D eigenvalue weighted by Gasteiger charge is -2.63. The van der Waals surface area contributed by atoms with Gasteiger partial charge in [0, 0.05) is 67.4 Å². The molecule has 1 aliphatic rings. The number of nitrogens with zero attached hydrogens (tertiary/aromatic N) is 6. The number of nitriles is 1. The molecule has 0 bridgehead atoms. The van der Waals surface area contributed by atoms with Gasteiger partial charge in [-0.3, -0.25) is 9.59 Å². The minimum Gasteiger partial charge on any atom is -0.489 e. The number of hydrogen-bond donors (Lipinski definition) is 5. The van der Waals surface area contributed by atoms with E-state index in [1.807, 2.05) is 33.8 Å². The molecular weight excluding hydrogens is 881 g/mol. The van der Waals surface area contributed by atoms with Crippen molar-refractivity contribution in [3.63, 3.8) is 0 Å². The van der Waals surface area contributed by atoms with E-state index in [4.69, 9.17) is 22.1 Å². The Morgan fingerprint density at radius 2 is 1.70 bits per heavy atom. The van der Waals surface area contributed by atoms with Crippen molar-refractivity contribution in [2.75, 3.05) is 35.7 Å². The molecule has 0 unspecified atom stereocenters. The Morgan fingerprint density at radius 3 is 2.33 bits per heavy atom. The second-order valence-corrected chi connectivity index (χ2v) is 18.1. The molecule has 2 amide bonds. The van der Waals surface area contributed by atoms with E-state index < -0.39 is 32.6 Å². The van der Waals surface area contributed by atoms with Crippen LogP contribution in [0.2, 0.25) is 5.02 Å². The maximum absolute atomic E-state index is 14.3. The zero-order valence-electron chi connectivity index (χ0n) is 32.9. The van der Waals surface area contributed by atoms with Crippen molar-refractivity contribution in [3.05, 3.63) is 111 Å². The van der Waals surface area contributed by atoms with Crippen molar-refractivity contribution in [3.8, 4) is 11.8 Å². The molecule has 1 saturated carbocycles. The van der Waals surface area contributed by atoms with Crippen molar-refractivity contribution >= 4 is 78.5 Å². The van der Waals surface area contributed by atoms with Crippen LogP contribution in [0, 0.1) is 28.0 Å². The monoisotopic (exact) mass is 919 g/mol. The first-order valence-corrected chi connectivity index (χ1v) is 20.9. The third kappa shape index (κ3) is 9.26. The number of carbonyl (C=O) groups excluding carboxylic acids is 2. The normalized spacial score (nSPS) is 16.4. The zero-order chi connectivity index (χ0) is 43.6. The number of likely N-dealkylation sites (N-methyl/N-ethyl adjacent to an activating group) is 1. The molecule has 2 heterocycles. The lowest BCUT2D eigenvalue weighted by Crippen LogP contribution is -2.74. The SMILES string of the molecule is CN(CCNS(=O)(=O)c1ccc(Nc2ncc(Br)c(Nc3cccc(F)c3C(N)=O)n2)cc1)c1ncc(C(=O)N[C@H]2C(C)(C)[C@H](Oc3ccc(C#N)c(Cl)c3)C2(C)C)cn1. The number of primary amides is 1. The Labute approximate surface area is 359 Å². The van der Waals surface area contributed by atoms with Gasteiger partial charge in [-0.1, -0.05) is 45.4 Å². The van der Waals surface area contributed by atoms with Crippen LogP contribution < -0.4 is 36.0 Å². The van der Waals surface area contributed by atoms with Crippen LogP contribution in [0.25, 0.3) is 0 Å². The summed E-state index contributed by atoms with van der Waals surface area (Å²) in [6, 6.07) is 16.6. The summed E-state index contributed by atoms with van der Waals surface area (Å²) in [5.41, 5.74) is 5.31. The van der Waals surface area contributed by atoms with Gasteiger partial charge in [-0.25, -0.2) is 32.5 Å². The van der Waals surface area contributed by atoms with Crippen molar-refractivity contribution in [2.24, 2.45) is 16.6 Å². The average Bonchev–Trinajstić information content (AvgIpc) is 3.20. The van der Waals surface area contributed by atoms with Crippen LogP contribution in [0.4, 0.5) is 33.5 Å². The quantitative estimate of drug-likeness (QED) is 0.0777. The van der Waals surface area contributed by atoms with Gasteiger partial charge in [-0.15, -0.1) is 0 Å². The predicted octanol–water partition coefficient (Wildman–Crippen LogP) is 6.31. The molecule has 312 valence electrons. The first-order chi connectivity index (χ1) is 28.3. The van der Waals surface area contributed by atoms with Crippen molar-refractivity contribution in [1.29, 1.82) is 5.26 Å². The molecule has 2 aromatic heterocycles. The fourth-order valence-electron chi connectivity index (χ4n) is 7.34. The molecule has 5 aromatic rings. The zero-order valence-corrected chi connectivity index (χ0v) is 36.1. The van der Waals surface area contributed by atoms with Gasteiger partial charge in [0.25, 0.3) is 11.8 Å². The van der Waals surface area contributed by atoms with Gasteiger partial charge < -0.3 is 31.3 Å². The molecule has 60 heavy (non-hydrogen) atoms. The van der Waals surface area contributed by atoms with Crippen LogP contribution in [-0.2, 0) is 10.0 Å². The number of nitrogens with two attached hydrogens (primary N) is 1. The van der Waals surface area contributed by atoms with Crippen molar-refractivity contribution < 1.29 is 27.1 Å². The van der Waals surface area contributed by atoms with Gasteiger partial charge in [0.05, 0.1) is 36.8 Å². The van der Waals surface area contributed by atoms with Crippen LogP contribution >= 0.6 is 27.5 Å². The number of benzene rings is 3. The van der Waals surface area contributed by atoms with Crippen LogP contribution in [0.5, 0.6) is 5.75 Å². The number of rotatable bonds is 15. The number of halogens is 3. The molecule has 6 N–H and O–H groups in total. The summed E-state index contributed by atoms with van der Waals surface area (Å²) in [6.45, 7) is 8.27. The minimum atomic E-state index is -3.90. The average molecular weight is 921 g/mol. The van der Waals surface area contributed by atoms with E-state index in [2.05, 4.69) is 56.5 Å². The Kier molecular flexibility index (Phi) is 12.6. The maximum atomic E-state index is 14.3. The molecule has 0 spiro atoms. The van der Waals surface area contributed by atoms with E-state index in [1.54, 1.807) is 30.1 Å². The standard InChI is InChI=1S/C40H40BrClFN11O5S/c1-39(2)35(40(3,4)36(39)59-25-12-9-22(18-44)28(42)17-25)53-34(56)23-19-47-38(48-20-23)54(5)16-15-49-60(57,58)26-13-10-24(11-14-26)50-37-46-21-27(41)33(52-37)51-30-8-6-7-29(43)31(30)32(45)55/h6-14,17,19-21,35-36,49H,15-16H2,1-5H3,(H2,45,55)(H,53,56)(H2,46,50,51,52)/t35-,36-. The molecule has 0 saturated heterocycles.